The van der Waals surface area contributed by atoms with Gasteiger partial charge in [-0.25, -0.2) is 4.98 Å². The molecule has 7 heteroatoms. The van der Waals surface area contributed by atoms with Crippen molar-refractivity contribution in [3.8, 4) is 11.3 Å². The largest absolute Gasteiger partial charge is 0.384 e. The maximum atomic E-state index is 15.0. The molecule has 0 fully saturated rings. The first kappa shape index (κ1) is 20.2. The van der Waals surface area contributed by atoms with E-state index in [9.17, 15) is 14.3 Å². The lowest BCUT2D eigenvalue weighted by Gasteiger charge is -2.43. The van der Waals surface area contributed by atoms with Crippen LogP contribution < -0.4 is 10.5 Å². The SMILES string of the molecule is CC1(C)CN(CC(C)(O)c2ccccc2)c2nc(-c3ccncc3)c(F)c(=O)n2C1. The molecule has 1 N–H and O–H groups in total. The smallest absolute Gasteiger partial charge is 0.291 e. The predicted octanol–water partition coefficient (Wildman–Crippen LogP) is 3.20. The van der Waals surface area contributed by atoms with E-state index in [0.717, 1.165) is 5.56 Å². The average Bonchev–Trinajstić information content (AvgIpc) is 2.71. The Balaban J connectivity index is 1.83. The molecule has 1 unspecified atom stereocenters. The lowest BCUT2D eigenvalue weighted by atomic mass is 9.89. The van der Waals surface area contributed by atoms with Crippen LogP contribution in [0.4, 0.5) is 10.3 Å². The van der Waals surface area contributed by atoms with Crippen LogP contribution in [0.3, 0.4) is 0 Å². The summed E-state index contributed by atoms with van der Waals surface area (Å²) in [7, 11) is 0. The van der Waals surface area contributed by atoms with Gasteiger partial charge in [0.05, 0.1) is 6.54 Å². The Morgan fingerprint density at radius 2 is 1.80 bits per heavy atom. The molecule has 0 saturated heterocycles. The average molecular weight is 408 g/mol. The molecule has 0 radical (unpaired) electrons. The molecule has 3 heterocycles. The van der Waals surface area contributed by atoms with Crippen molar-refractivity contribution in [3.63, 3.8) is 0 Å². The van der Waals surface area contributed by atoms with E-state index in [1.54, 1.807) is 19.1 Å². The van der Waals surface area contributed by atoms with Crippen molar-refractivity contribution in [2.24, 2.45) is 5.41 Å². The first-order valence-electron chi connectivity index (χ1n) is 9.92. The molecule has 6 nitrogen and oxygen atoms in total. The first-order valence-corrected chi connectivity index (χ1v) is 9.92. The van der Waals surface area contributed by atoms with Crippen molar-refractivity contribution in [2.75, 3.05) is 18.0 Å². The number of nitrogens with zero attached hydrogens (tertiary/aromatic N) is 4. The van der Waals surface area contributed by atoms with E-state index in [4.69, 9.17) is 0 Å². The van der Waals surface area contributed by atoms with Crippen LogP contribution >= 0.6 is 0 Å². The summed E-state index contributed by atoms with van der Waals surface area (Å²) in [6, 6.07) is 12.6. The molecule has 30 heavy (non-hydrogen) atoms. The van der Waals surface area contributed by atoms with Crippen LogP contribution in [0.25, 0.3) is 11.3 Å². The van der Waals surface area contributed by atoms with Crippen molar-refractivity contribution < 1.29 is 9.50 Å². The fraction of sp³-hybridized carbons (Fsp3) is 0.348. The molecular weight excluding hydrogens is 383 g/mol. The first-order chi connectivity index (χ1) is 14.2. The lowest BCUT2D eigenvalue weighted by molar-refractivity contribution is 0.0599. The van der Waals surface area contributed by atoms with E-state index in [1.807, 2.05) is 49.1 Å². The van der Waals surface area contributed by atoms with Gasteiger partial charge in [0, 0.05) is 36.5 Å². The monoisotopic (exact) mass is 408 g/mol. The molecule has 4 rings (SSSR count). The topological polar surface area (TPSA) is 71.2 Å². The zero-order chi connectivity index (χ0) is 21.5. The van der Waals surface area contributed by atoms with E-state index in [2.05, 4.69) is 9.97 Å². The Hall–Kier alpha value is -3.06. The maximum Gasteiger partial charge on any atom is 0.291 e. The molecule has 1 aromatic carbocycles. The van der Waals surface area contributed by atoms with E-state index in [0.29, 0.717) is 24.6 Å². The van der Waals surface area contributed by atoms with Gasteiger partial charge in [-0.3, -0.25) is 14.3 Å². The van der Waals surface area contributed by atoms with E-state index >= 15 is 0 Å². The second kappa shape index (κ2) is 7.32. The summed E-state index contributed by atoms with van der Waals surface area (Å²) >= 11 is 0. The van der Waals surface area contributed by atoms with Crippen molar-refractivity contribution in [1.29, 1.82) is 0 Å². The predicted molar refractivity (Wildman–Crippen MR) is 114 cm³/mol. The third-order valence-electron chi connectivity index (χ3n) is 5.43. The summed E-state index contributed by atoms with van der Waals surface area (Å²) in [5.41, 5.74) is -0.929. The summed E-state index contributed by atoms with van der Waals surface area (Å²) < 4.78 is 16.4. The molecule has 0 saturated carbocycles. The fourth-order valence-corrected chi connectivity index (χ4v) is 4.06. The van der Waals surface area contributed by atoms with Gasteiger partial charge in [0.15, 0.2) is 0 Å². The number of hydrogen-bond donors (Lipinski definition) is 1. The van der Waals surface area contributed by atoms with E-state index in [-0.39, 0.29) is 17.7 Å². The molecule has 1 atom stereocenters. The summed E-state index contributed by atoms with van der Waals surface area (Å²) in [6.45, 7) is 6.91. The summed E-state index contributed by atoms with van der Waals surface area (Å²) in [5, 5.41) is 11.2. The van der Waals surface area contributed by atoms with Crippen LogP contribution in [-0.4, -0.2) is 32.7 Å². The van der Waals surface area contributed by atoms with Gasteiger partial charge in [-0.05, 0) is 24.6 Å². The summed E-state index contributed by atoms with van der Waals surface area (Å²) in [4.78, 5) is 23.3. The number of aliphatic hydroxyl groups is 1. The minimum absolute atomic E-state index is 0.00212. The number of β-amino-alcohol motifs (C(OH)–C–C–N with tert-alkyl or cyclic N) is 1. The van der Waals surface area contributed by atoms with Gasteiger partial charge in [-0.2, -0.15) is 4.39 Å². The van der Waals surface area contributed by atoms with Crippen LogP contribution in [0, 0.1) is 11.2 Å². The maximum absolute atomic E-state index is 15.0. The van der Waals surface area contributed by atoms with Crippen LogP contribution in [0.2, 0.25) is 0 Å². The molecule has 0 bridgehead atoms. The van der Waals surface area contributed by atoms with Crippen LogP contribution in [-0.2, 0) is 12.1 Å². The Morgan fingerprint density at radius 1 is 1.13 bits per heavy atom. The molecule has 0 amide bonds. The fourth-order valence-electron chi connectivity index (χ4n) is 4.06. The van der Waals surface area contributed by atoms with Crippen molar-refractivity contribution in [2.45, 2.75) is 32.9 Å². The zero-order valence-corrected chi connectivity index (χ0v) is 17.3. The quantitative estimate of drug-likeness (QED) is 0.718. The molecule has 156 valence electrons. The third-order valence-corrected chi connectivity index (χ3v) is 5.43. The van der Waals surface area contributed by atoms with Gasteiger partial charge in [0.2, 0.25) is 11.8 Å². The van der Waals surface area contributed by atoms with Crippen molar-refractivity contribution in [1.82, 2.24) is 14.5 Å². The molecule has 2 aromatic heterocycles. The molecule has 0 aliphatic carbocycles. The second-order valence-electron chi connectivity index (χ2n) is 8.86. The number of benzene rings is 1. The number of aromatic nitrogens is 3. The van der Waals surface area contributed by atoms with Crippen LogP contribution in [0.15, 0.2) is 59.7 Å². The number of rotatable bonds is 4. The molecular formula is C23H25FN4O2. The standard InChI is InChI=1S/C23H25FN4O2/c1-22(2)13-27(15-23(3,30)17-7-5-4-6-8-17)21-26-19(16-9-11-25-12-10-16)18(24)20(29)28(21)14-22/h4-12,30H,13-15H2,1-3H3. The van der Waals surface area contributed by atoms with Gasteiger partial charge in [-0.1, -0.05) is 44.2 Å². The second-order valence-corrected chi connectivity index (χ2v) is 8.86. The number of anilines is 1. The summed E-state index contributed by atoms with van der Waals surface area (Å²) in [6.07, 6.45) is 3.07. The van der Waals surface area contributed by atoms with Crippen LogP contribution in [0.5, 0.6) is 0 Å². The number of halogens is 1. The Bertz CT molecular complexity index is 1110. The summed E-state index contributed by atoms with van der Waals surface area (Å²) in [5.74, 6) is -0.513. The normalized spacial score (nSPS) is 17.3. The van der Waals surface area contributed by atoms with Crippen molar-refractivity contribution in [3.05, 3.63) is 76.6 Å². The highest BCUT2D eigenvalue weighted by Crippen LogP contribution is 2.33. The van der Waals surface area contributed by atoms with E-state index < -0.39 is 17.0 Å². The van der Waals surface area contributed by atoms with Gasteiger partial charge >= 0.3 is 0 Å². The van der Waals surface area contributed by atoms with Gasteiger partial charge in [-0.15, -0.1) is 0 Å². The zero-order valence-electron chi connectivity index (χ0n) is 17.3. The Labute approximate surface area is 174 Å². The lowest BCUT2D eigenvalue weighted by Crippen LogP contribution is -2.52. The van der Waals surface area contributed by atoms with Gasteiger partial charge in [0.1, 0.15) is 11.3 Å². The number of hydrogen-bond acceptors (Lipinski definition) is 5. The molecule has 1 aliphatic rings. The third kappa shape index (κ3) is 3.73. The molecule has 1 aliphatic heterocycles. The Morgan fingerprint density at radius 3 is 2.47 bits per heavy atom. The highest BCUT2D eigenvalue weighted by molar-refractivity contribution is 5.60. The van der Waals surface area contributed by atoms with Crippen LogP contribution in [0.1, 0.15) is 26.3 Å². The molecule has 0 spiro atoms. The number of pyridine rings is 1. The van der Waals surface area contributed by atoms with E-state index in [1.165, 1.54) is 17.0 Å². The number of fused-ring (bicyclic) bond motifs is 1. The minimum atomic E-state index is -1.18. The van der Waals surface area contributed by atoms with Crippen molar-refractivity contribution >= 4 is 5.95 Å². The van der Waals surface area contributed by atoms with Gasteiger partial charge < -0.3 is 10.0 Å². The minimum Gasteiger partial charge on any atom is -0.384 e. The Kier molecular flexibility index (Phi) is 4.94. The highest BCUT2D eigenvalue weighted by atomic mass is 19.1. The van der Waals surface area contributed by atoms with Gasteiger partial charge in [0.25, 0.3) is 5.56 Å². The highest BCUT2D eigenvalue weighted by Gasteiger charge is 2.37. The molecule has 3 aromatic rings.